The van der Waals surface area contributed by atoms with Gasteiger partial charge in [0, 0.05) is 17.1 Å². The molecule has 134 valence electrons. The molecule has 0 radical (unpaired) electrons. The van der Waals surface area contributed by atoms with E-state index < -0.39 is 35.0 Å². The summed E-state index contributed by atoms with van der Waals surface area (Å²) >= 11 is 5.88. The fourth-order valence-corrected chi connectivity index (χ4v) is 2.21. The highest BCUT2D eigenvalue weighted by atomic mass is 35.5. The number of halogens is 7. The lowest BCUT2D eigenvalue weighted by molar-refractivity contribution is -0.143. The number of alkyl halides is 6. The summed E-state index contributed by atoms with van der Waals surface area (Å²) < 4.78 is 76.7. The van der Waals surface area contributed by atoms with Crippen LogP contribution in [0.2, 0.25) is 5.02 Å². The van der Waals surface area contributed by atoms with Crippen LogP contribution in [-0.4, -0.2) is 5.91 Å². The normalized spacial score (nSPS) is 12.1. The molecule has 0 saturated carbocycles. The Hall–Kier alpha value is -2.22. The summed E-state index contributed by atoms with van der Waals surface area (Å²) in [7, 11) is 0. The number of benzene rings is 2. The Morgan fingerprint density at radius 1 is 0.920 bits per heavy atom. The topological polar surface area (TPSA) is 29.1 Å². The zero-order valence-corrected chi connectivity index (χ0v) is 13.1. The number of nitrogens with one attached hydrogen (secondary N) is 1. The van der Waals surface area contributed by atoms with Gasteiger partial charge in [-0.15, -0.1) is 0 Å². The average molecular weight is 382 g/mol. The maximum atomic E-state index is 12.8. The van der Waals surface area contributed by atoms with E-state index in [4.69, 9.17) is 11.6 Å². The summed E-state index contributed by atoms with van der Waals surface area (Å²) in [4.78, 5) is 12.0. The van der Waals surface area contributed by atoms with Gasteiger partial charge in [-0.3, -0.25) is 4.79 Å². The van der Waals surface area contributed by atoms with E-state index in [1.54, 1.807) is 18.2 Å². The maximum Gasteiger partial charge on any atom is 0.416 e. The Morgan fingerprint density at radius 3 is 1.92 bits per heavy atom. The number of hydrogen-bond donors (Lipinski definition) is 1. The van der Waals surface area contributed by atoms with Crippen molar-refractivity contribution in [3.63, 3.8) is 0 Å². The third-order valence-electron chi connectivity index (χ3n) is 3.25. The molecule has 0 aromatic heterocycles. The first-order valence-electron chi connectivity index (χ1n) is 6.79. The number of rotatable bonds is 3. The maximum absolute atomic E-state index is 12.8. The third-order valence-corrected chi connectivity index (χ3v) is 3.62. The van der Waals surface area contributed by atoms with E-state index in [9.17, 15) is 31.1 Å². The van der Waals surface area contributed by atoms with Crippen LogP contribution < -0.4 is 5.32 Å². The fraction of sp³-hybridized carbons (Fsp3) is 0.188. The molecule has 0 aliphatic rings. The minimum atomic E-state index is -5.01. The molecule has 0 aliphatic heterocycles. The largest absolute Gasteiger partial charge is 0.416 e. The van der Waals surface area contributed by atoms with Crippen LogP contribution in [-0.2, 0) is 18.9 Å². The molecule has 0 aliphatic carbocycles. The first-order chi connectivity index (χ1) is 11.5. The van der Waals surface area contributed by atoms with Crippen molar-refractivity contribution >= 4 is 17.5 Å². The quantitative estimate of drug-likeness (QED) is 0.717. The molecule has 9 heteroatoms. The van der Waals surface area contributed by atoms with Crippen LogP contribution >= 0.6 is 11.6 Å². The molecule has 0 unspecified atom stereocenters. The molecule has 2 nitrogen and oxygen atoms in total. The molecule has 0 heterocycles. The lowest BCUT2D eigenvalue weighted by Gasteiger charge is -2.14. The minimum Gasteiger partial charge on any atom is -0.348 e. The second-order valence-corrected chi connectivity index (χ2v) is 5.48. The predicted octanol–water partition coefficient (Wildman–Crippen LogP) is 5.31. The first kappa shape index (κ1) is 19.1. The zero-order valence-electron chi connectivity index (χ0n) is 12.3. The van der Waals surface area contributed by atoms with Crippen LogP contribution in [0.15, 0.2) is 42.5 Å². The van der Waals surface area contributed by atoms with E-state index in [2.05, 4.69) is 5.32 Å². The highest BCUT2D eigenvalue weighted by Crippen LogP contribution is 2.36. The molecule has 0 saturated heterocycles. The van der Waals surface area contributed by atoms with Gasteiger partial charge in [0.15, 0.2) is 0 Å². The van der Waals surface area contributed by atoms with Crippen LogP contribution in [0.1, 0.15) is 27.0 Å². The lowest BCUT2D eigenvalue weighted by Crippen LogP contribution is -2.24. The van der Waals surface area contributed by atoms with Crippen molar-refractivity contribution in [1.82, 2.24) is 5.32 Å². The molecule has 1 amide bonds. The van der Waals surface area contributed by atoms with Gasteiger partial charge >= 0.3 is 12.4 Å². The SMILES string of the molecule is O=C(NCc1ccccc1Cl)c1cc(C(F)(F)F)cc(C(F)(F)F)c1. The van der Waals surface area contributed by atoms with E-state index in [0.29, 0.717) is 22.7 Å². The number of carbonyl (C=O) groups is 1. The van der Waals surface area contributed by atoms with Crippen molar-refractivity contribution in [1.29, 1.82) is 0 Å². The summed E-state index contributed by atoms with van der Waals surface area (Å²) in [5, 5.41) is 2.56. The van der Waals surface area contributed by atoms with Crippen molar-refractivity contribution in [2.75, 3.05) is 0 Å². The van der Waals surface area contributed by atoms with Crippen LogP contribution in [0.3, 0.4) is 0 Å². The Morgan fingerprint density at radius 2 is 1.44 bits per heavy atom. The second-order valence-electron chi connectivity index (χ2n) is 5.07. The van der Waals surface area contributed by atoms with E-state index >= 15 is 0 Å². The van der Waals surface area contributed by atoms with E-state index in [-0.39, 0.29) is 12.6 Å². The smallest absolute Gasteiger partial charge is 0.348 e. The first-order valence-corrected chi connectivity index (χ1v) is 7.17. The molecule has 2 rings (SSSR count). The molecule has 0 fully saturated rings. The molecule has 2 aromatic rings. The monoisotopic (exact) mass is 381 g/mol. The van der Waals surface area contributed by atoms with Gasteiger partial charge in [-0.1, -0.05) is 29.8 Å². The highest BCUT2D eigenvalue weighted by Gasteiger charge is 2.37. The van der Waals surface area contributed by atoms with E-state index in [1.807, 2.05) is 0 Å². The van der Waals surface area contributed by atoms with Gasteiger partial charge in [-0.05, 0) is 29.8 Å². The van der Waals surface area contributed by atoms with Crippen LogP contribution in [0.4, 0.5) is 26.3 Å². The average Bonchev–Trinajstić information content (AvgIpc) is 2.51. The number of carbonyl (C=O) groups excluding carboxylic acids is 1. The second kappa shape index (κ2) is 6.95. The van der Waals surface area contributed by atoms with E-state index in [1.165, 1.54) is 6.07 Å². The third kappa shape index (κ3) is 4.88. The summed E-state index contributed by atoms with van der Waals surface area (Å²) in [5.74, 6) is -1.07. The Labute approximate surface area is 143 Å². The van der Waals surface area contributed by atoms with Crippen molar-refractivity contribution in [3.05, 3.63) is 69.7 Å². The summed E-state index contributed by atoms with van der Waals surface area (Å²) in [6.45, 7) is -0.143. The fourth-order valence-electron chi connectivity index (χ4n) is 2.01. The van der Waals surface area contributed by atoms with Crippen molar-refractivity contribution in [2.45, 2.75) is 18.9 Å². The van der Waals surface area contributed by atoms with Gasteiger partial charge < -0.3 is 5.32 Å². The van der Waals surface area contributed by atoms with Gasteiger partial charge in [-0.25, -0.2) is 0 Å². The van der Waals surface area contributed by atoms with Crippen molar-refractivity contribution in [2.24, 2.45) is 0 Å². The molecule has 1 N–H and O–H groups in total. The highest BCUT2D eigenvalue weighted by molar-refractivity contribution is 6.31. The molecule has 25 heavy (non-hydrogen) atoms. The molecule has 0 bridgehead atoms. The number of hydrogen-bond acceptors (Lipinski definition) is 1. The van der Waals surface area contributed by atoms with Gasteiger partial charge in [0.1, 0.15) is 0 Å². The summed E-state index contributed by atoms with van der Waals surface area (Å²) in [6, 6.07) is 7.07. The van der Waals surface area contributed by atoms with Crippen LogP contribution in [0.5, 0.6) is 0 Å². The van der Waals surface area contributed by atoms with Gasteiger partial charge in [0.2, 0.25) is 0 Å². The van der Waals surface area contributed by atoms with Gasteiger partial charge in [0.25, 0.3) is 5.91 Å². The predicted molar refractivity (Wildman–Crippen MR) is 79.1 cm³/mol. The van der Waals surface area contributed by atoms with Gasteiger partial charge in [0.05, 0.1) is 11.1 Å². The van der Waals surface area contributed by atoms with Crippen molar-refractivity contribution < 1.29 is 31.1 Å². The van der Waals surface area contributed by atoms with Crippen molar-refractivity contribution in [3.8, 4) is 0 Å². The lowest BCUT2D eigenvalue weighted by atomic mass is 10.0. The zero-order chi connectivity index (χ0) is 18.8. The molecule has 0 atom stereocenters. The van der Waals surface area contributed by atoms with Gasteiger partial charge in [-0.2, -0.15) is 26.3 Å². The number of amides is 1. The molecule has 2 aromatic carbocycles. The molecular weight excluding hydrogens is 372 g/mol. The Kier molecular flexibility index (Phi) is 5.31. The Bertz CT molecular complexity index is 753. The molecule has 0 spiro atoms. The standard InChI is InChI=1S/C16H10ClF6NO/c17-13-4-2-1-3-9(13)8-24-14(25)10-5-11(15(18,19)20)7-12(6-10)16(21,22)23/h1-7H,8H2,(H,24,25). The molecular formula is C16H10ClF6NO. The summed E-state index contributed by atoms with van der Waals surface area (Å²) in [5.41, 5.74) is -3.37. The van der Waals surface area contributed by atoms with E-state index in [0.717, 1.165) is 0 Å². The van der Waals surface area contributed by atoms with Crippen LogP contribution in [0.25, 0.3) is 0 Å². The minimum absolute atomic E-state index is 0.0369. The van der Waals surface area contributed by atoms with Crippen LogP contribution in [0, 0.1) is 0 Å². The Balaban J connectivity index is 2.31. The summed E-state index contributed by atoms with van der Waals surface area (Å²) in [6.07, 6.45) is -10.0.